The summed E-state index contributed by atoms with van der Waals surface area (Å²) < 4.78 is 1.33. The molecule has 0 amide bonds. The predicted octanol–water partition coefficient (Wildman–Crippen LogP) is 2.19. The molecular formula is C16H20N4O2. The highest BCUT2D eigenvalue weighted by atomic mass is 16.4. The SMILES string of the molecule is C[C@H](c1ccc(-c2ncn(CC(=O)O)n2)cc1)N1CCCC1. The number of hydrogen-bond acceptors (Lipinski definition) is 4. The van der Waals surface area contributed by atoms with Crippen molar-refractivity contribution >= 4 is 5.97 Å². The van der Waals surface area contributed by atoms with E-state index in [-0.39, 0.29) is 6.54 Å². The van der Waals surface area contributed by atoms with Gasteiger partial charge in [-0.3, -0.25) is 9.69 Å². The lowest BCUT2D eigenvalue weighted by atomic mass is 10.0. The first-order chi connectivity index (χ1) is 10.6. The number of carboxylic acid groups (broad SMARTS) is 1. The Hall–Kier alpha value is -2.21. The van der Waals surface area contributed by atoms with E-state index in [0.717, 1.165) is 5.56 Å². The van der Waals surface area contributed by atoms with Gasteiger partial charge in [0, 0.05) is 11.6 Å². The molecule has 1 aromatic carbocycles. The van der Waals surface area contributed by atoms with Crippen LogP contribution in [-0.2, 0) is 11.3 Å². The van der Waals surface area contributed by atoms with Crippen molar-refractivity contribution < 1.29 is 9.90 Å². The Labute approximate surface area is 129 Å². The molecule has 0 unspecified atom stereocenters. The molecule has 1 aliphatic heterocycles. The van der Waals surface area contributed by atoms with E-state index in [1.54, 1.807) is 0 Å². The Morgan fingerprint density at radius 3 is 2.59 bits per heavy atom. The second-order valence-electron chi connectivity index (χ2n) is 5.70. The summed E-state index contributed by atoms with van der Waals surface area (Å²) in [4.78, 5) is 17.3. The van der Waals surface area contributed by atoms with Crippen LogP contribution in [0.15, 0.2) is 30.6 Å². The first-order valence-corrected chi connectivity index (χ1v) is 7.59. The van der Waals surface area contributed by atoms with Crippen LogP contribution < -0.4 is 0 Å². The third-order valence-corrected chi connectivity index (χ3v) is 4.17. The fourth-order valence-electron chi connectivity index (χ4n) is 2.89. The molecule has 0 spiro atoms. The smallest absolute Gasteiger partial charge is 0.325 e. The van der Waals surface area contributed by atoms with Crippen LogP contribution in [0.2, 0.25) is 0 Å². The minimum atomic E-state index is -0.925. The maximum absolute atomic E-state index is 10.7. The van der Waals surface area contributed by atoms with Gasteiger partial charge in [0.15, 0.2) is 5.82 Å². The quantitative estimate of drug-likeness (QED) is 0.916. The summed E-state index contributed by atoms with van der Waals surface area (Å²) in [5.74, 6) is -0.368. The number of rotatable bonds is 5. The van der Waals surface area contributed by atoms with Gasteiger partial charge in [-0.05, 0) is 38.4 Å². The van der Waals surface area contributed by atoms with Gasteiger partial charge in [0.25, 0.3) is 0 Å². The van der Waals surface area contributed by atoms with Gasteiger partial charge in [0.1, 0.15) is 12.9 Å². The largest absolute Gasteiger partial charge is 0.480 e. The van der Waals surface area contributed by atoms with E-state index in [9.17, 15) is 4.79 Å². The van der Waals surface area contributed by atoms with E-state index < -0.39 is 5.97 Å². The van der Waals surface area contributed by atoms with Gasteiger partial charge in [0.05, 0.1) is 0 Å². The van der Waals surface area contributed by atoms with E-state index >= 15 is 0 Å². The Bertz CT molecular complexity index is 644. The van der Waals surface area contributed by atoms with E-state index in [1.807, 2.05) is 12.1 Å². The van der Waals surface area contributed by atoms with Crippen LogP contribution in [0.1, 0.15) is 31.4 Å². The molecule has 0 radical (unpaired) electrons. The molecule has 3 rings (SSSR count). The maximum atomic E-state index is 10.7. The third-order valence-electron chi connectivity index (χ3n) is 4.17. The summed E-state index contributed by atoms with van der Waals surface area (Å²) in [6.45, 7) is 4.41. The zero-order chi connectivity index (χ0) is 15.5. The summed E-state index contributed by atoms with van der Waals surface area (Å²) in [6, 6.07) is 8.64. The van der Waals surface area contributed by atoms with Crippen molar-refractivity contribution in [2.24, 2.45) is 0 Å². The van der Waals surface area contributed by atoms with Crippen LogP contribution in [0.4, 0.5) is 0 Å². The second kappa shape index (κ2) is 6.27. The number of hydrogen-bond donors (Lipinski definition) is 1. The van der Waals surface area contributed by atoms with Crippen molar-refractivity contribution in [3.63, 3.8) is 0 Å². The number of carboxylic acids is 1. The van der Waals surface area contributed by atoms with Crippen LogP contribution in [0, 0.1) is 0 Å². The molecule has 0 bridgehead atoms. The van der Waals surface area contributed by atoms with Crippen molar-refractivity contribution in [2.45, 2.75) is 32.4 Å². The molecule has 2 aromatic rings. The molecule has 1 atom stereocenters. The number of benzene rings is 1. The third kappa shape index (κ3) is 3.17. The standard InChI is InChI=1S/C16H20N4O2/c1-12(19-8-2-3-9-19)13-4-6-14(7-5-13)16-17-11-20(18-16)10-15(21)22/h4-7,11-12H,2-3,8-10H2,1H3,(H,21,22)/t12-/m1/s1. The molecule has 6 nitrogen and oxygen atoms in total. The zero-order valence-corrected chi connectivity index (χ0v) is 12.6. The van der Waals surface area contributed by atoms with E-state index in [2.05, 4.69) is 34.0 Å². The van der Waals surface area contributed by atoms with Gasteiger partial charge < -0.3 is 5.11 Å². The van der Waals surface area contributed by atoms with Gasteiger partial charge in [-0.2, -0.15) is 5.10 Å². The number of carbonyl (C=O) groups is 1. The number of aliphatic carboxylic acids is 1. The fourth-order valence-corrected chi connectivity index (χ4v) is 2.89. The molecule has 22 heavy (non-hydrogen) atoms. The molecule has 1 N–H and O–H groups in total. The highest BCUT2D eigenvalue weighted by molar-refractivity contribution is 5.66. The highest BCUT2D eigenvalue weighted by Gasteiger charge is 2.19. The minimum Gasteiger partial charge on any atom is -0.480 e. The van der Waals surface area contributed by atoms with E-state index in [4.69, 9.17) is 5.11 Å². The van der Waals surface area contributed by atoms with Crippen molar-refractivity contribution in [3.8, 4) is 11.4 Å². The molecule has 0 aliphatic carbocycles. The molecule has 1 saturated heterocycles. The summed E-state index contributed by atoms with van der Waals surface area (Å²) >= 11 is 0. The maximum Gasteiger partial charge on any atom is 0.325 e. The number of aromatic nitrogens is 3. The fraction of sp³-hybridized carbons (Fsp3) is 0.438. The van der Waals surface area contributed by atoms with Crippen LogP contribution in [-0.4, -0.2) is 43.8 Å². The van der Waals surface area contributed by atoms with Gasteiger partial charge in [-0.25, -0.2) is 9.67 Å². The molecule has 116 valence electrons. The zero-order valence-electron chi connectivity index (χ0n) is 12.6. The van der Waals surface area contributed by atoms with E-state index in [0.29, 0.717) is 11.9 Å². The molecule has 1 aliphatic rings. The number of nitrogens with zero attached hydrogens (tertiary/aromatic N) is 4. The highest BCUT2D eigenvalue weighted by Crippen LogP contribution is 2.26. The van der Waals surface area contributed by atoms with Gasteiger partial charge >= 0.3 is 5.97 Å². The second-order valence-corrected chi connectivity index (χ2v) is 5.70. The van der Waals surface area contributed by atoms with E-state index in [1.165, 1.54) is 42.5 Å². The average Bonchev–Trinajstić information content (AvgIpc) is 3.17. The number of likely N-dealkylation sites (tertiary alicyclic amines) is 1. The molecule has 1 aromatic heterocycles. The summed E-state index contributed by atoms with van der Waals surface area (Å²) in [7, 11) is 0. The van der Waals surface area contributed by atoms with Gasteiger partial charge in [0.2, 0.25) is 0 Å². The van der Waals surface area contributed by atoms with Crippen molar-refractivity contribution in [1.82, 2.24) is 19.7 Å². The van der Waals surface area contributed by atoms with Crippen molar-refractivity contribution in [3.05, 3.63) is 36.2 Å². The first kappa shape index (κ1) is 14.7. The molecule has 1 fully saturated rings. The normalized spacial score (nSPS) is 16.8. The van der Waals surface area contributed by atoms with Crippen LogP contribution in [0.25, 0.3) is 11.4 Å². The van der Waals surface area contributed by atoms with Gasteiger partial charge in [-0.15, -0.1) is 0 Å². The summed E-state index contributed by atoms with van der Waals surface area (Å²) in [5.41, 5.74) is 2.19. The molecular weight excluding hydrogens is 280 g/mol. The van der Waals surface area contributed by atoms with Crippen molar-refractivity contribution in [2.75, 3.05) is 13.1 Å². The summed E-state index contributed by atoms with van der Waals surface area (Å²) in [5, 5.41) is 12.9. The predicted molar refractivity (Wildman–Crippen MR) is 82.3 cm³/mol. The van der Waals surface area contributed by atoms with Crippen LogP contribution in [0.3, 0.4) is 0 Å². The van der Waals surface area contributed by atoms with Crippen molar-refractivity contribution in [1.29, 1.82) is 0 Å². The monoisotopic (exact) mass is 300 g/mol. The topological polar surface area (TPSA) is 71.2 Å². The minimum absolute atomic E-state index is 0.170. The van der Waals surface area contributed by atoms with Gasteiger partial charge in [-0.1, -0.05) is 24.3 Å². The Kier molecular flexibility index (Phi) is 4.20. The Morgan fingerprint density at radius 2 is 1.95 bits per heavy atom. The molecule has 0 saturated carbocycles. The average molecular weight is 300 g/mol. The summed E-state index contributed by atoms with van der Waals surface area (Å²) in [6.07, 6.45) is 4.02. The first-order valence-electron chi connectivity index (χ1n) is 7.59. The Balaban J connectivity index is 1.73. The molecule has 6 heteroatoms. The van der Waals surface area contributed by atoms with Crippen LogP contribution >= 0.6 is 0 Å². The lowest BCUT2D eigenvalue weighted by molar-refractivity contribution is -0.137. The lowest BCUT2D eigenvalue weighted by Crippen LogP contribution is -2.23. The Morgan fingerprint density at radius 1 is 1.27 bits per heavy atom. The van der Waals surface area contributed by atoms with Crippen LogP contribution in [0.5, 0.6) is 0 Å². The molecule has 2 heterocycles. The lowest BCUT2D eigenvalue weighted by Gasteiger charge is -2.24.